The van der Waals surface area contributed by atoms with Crippen LogP contribution in [-0.2, 0) is 0 Å². The summed E-state index contributed by atoms with van der Waals surface area (Å²) >= 11 is 0. The first-order chi connectivity index (χ1) is 9.61. The number of oxazole rings is 1. The standard InChI is InChI=1S/C14H20N4O2/c1-9(8-18-4-2-3-5-18)16-11-7-12-13(6-10(11)15)20-14(19)17-12/h6-7,9,16H,2-5,8,15H2,1H3,(H,17,19). The molecule has 4 N–H and O–H groups in total. The summed E-state index contributed by atoms with van der Waals surface area (Å²) in [5, 5.41) is 3.41. The lowest BCUT2D eigenvalue weighted by atomic mass is 10.2. The number of nitrogens with zero attached hydrogens (tertiary/aromatic N) is 1. The normalized spacial score (nSPS) is 17.6. The van der Waals surface area contributed by atoms with E-state index in [1.807, 2.05) is 6.07 Å². The minimum atomic E-state index is -0.457. The number of benzene rings is 1. The molecule has 1 aliphatic heterocycles. The molecule has 2 heterocycles. The fourth-order valence-electron chi connectivity index (χ4n) is 2.80. The molecule has 0 radical (unpaired) electrons. The predicted octanol–water partition coefficient (Wildman–Crippen LogP) is 1.60. The number of hydrogen-bond acceptors (Lipinski definition) is 5. The molecule has 0 aliphatic carbocycles. The van der Waals surface area contributed by atoms with E-state index in [1.54, 1.807) is 6.07 Å². The van der Waals surface area contributed by atoms with Gasteiger partial charge < -0.3 is 20.4 Å². The van der Waals surface area contributed by atoms with Crippen LogP contribution in [0.4, 0.5) is 11.4 Å². The second-order valence-corrected chi connectivity index (χ2v) is 5.50. The lowest BCUT2D eigenvalue weighted by Gasteiger charge is -2.22. The zero-order valence-corrected chi connectivity index (χ0v) is 11.6. The number of nitrogens with one attached hydrogen (secondary N) is 2. The Morgan fingerprint density at radius 1 is 1.45 bits per heavy atom. The Balaban J connectivity index is 1.75. The third kappa shape index (κ3) is 2.65. The van der Waals surface area contributed by atoms with Gasteiger partial charge in [-0.3, -0.25) is 4.98 Å². The van der Waals surface area contributed by atoms with Gasteiger partial charge in [-0.2, -0.15) is 0 Å². The SMILES string of the molecule is CC(CN1CCCC1)Nc1cc2[nH]c(=O)oc2cc1N. The Kier molecular flexibility index (Phi) is 3.40. The van der Waals surface area contributed by atoms with Crippen LogP contribution in [0.15, 0.2) is 21.3 Å². The molecule has 20 heavy (non-hydrogen) atoms. The lowest BCUT2D eigenvalue weighted by Crippen LogP contribution is -2.33. The van der Waals surface area contributed by atoms with Gasteiger partial charge >= 0.3 is 5.76 Å². The second kappa shape index (κ2) is 5.20. The van der Waals surface area contributed by atoms with Crippen LogP contribution in [0.1, 0.15) is 19.8 Å². The highest BCUT2D eigenvalue weighted by Gasteiger charge is 2.15. The molecule has 1 fully saturated rings. The van der Waals surface area contributed by atoms with Crippen LogP contribution < -0.4 is 16.8 Å². The molecule has 0 amide bonds. The highest BCUT2D eigenvalue weighted by atomic mass is 16.4. The topological polar surface area (TPSA) is 87.3 Å². The Bertz CT molecular complexity index is 655. The average Bonchev–Trinajstić information content (AvgIpc) is 2.98. The van der Waals surface area contributed by atoms with E-state index in [4.69, 9.17) is 10.2 Å². The monoisotopic (exact) mass is 276 g/mol. The molecule has 6 nitrogen and oxygen atoms in total. The predicted molar refractivity (Wildman–Crippen MR) is 80.0 cm³/mol. The molecule has 3 rings (SSSR count). The van der Waals surface area contributed by atoms with Crippen LogP contribution in [0.25, 0.3) is 11.1 Å². The van der Waals surface area contributed by atoms with Gasteiger partial charge in [0.15, 0.2) is 5.58 Å². The average molecular weight is 276 g/mol. The van der Waals surface area contributed by atoms with Crippen molar-refractivity contribution in [2.75, 3.05) is 30.7 Å². The smallest absolute Gasteiger partial charge is 0.408 e. The molecule has 1 saturated heterocycles. The van der Waals surface area contributed by atoms with Crippen molar-refractivity contribution >= 4 is 22.5 Å². The van der Waals surface area contributed by atoms with Gasteiger partial charge in [0.25, 0.3) is 0 Å². The van der Waals surface area contributed by atoms with E-state index in [-0.39, 0.29) is 0 Å². The number of fused-ring (bicyclic) bond motifs is 1. The zero-order chi connectivity index (χ0) is 14.1. The van der Waals surface area contributed by atoms with Crippen molar-refractivity contribution in [2.24, 2.45) is 0 Å². The molecule has 108 valence electrons. The summed E-state index contributed by atoms with van der Waals surface area (Å²) in [7, 11) is 0. The number of H-pyrrole nitrogens is 1. The number of aromatic amines is 1. The van der Waals surface area contributed by atoms with Gasteiger partial charge in [-0.1, -0.05) is 0 Å². The van der Waals surface area contributed by atoms with E-state index in [9.17, 15) is 4.79 Å². The fourth-order valence-corrected chi connectivity index (χ4v) is 2.80. The van der Waals surface area contributed by atoms with Gasteiger partial charge in [-0.15, -0.1) is 0 Å². The van der Waals surface area contributed by atoms with Crippen molar-refractivity contribution in [3.63, 3.8) is 0 Å². The molecule has 0 bridgehead atoms. The van der Waals surface area contributed by atoms with Crippen molar-refractivity contribution in [3.05, 3.63) is 22.7 Å². The zero-order valence-electron chi connectivity index (χ0n) is 11.6. The molecule has 0 saturated carbocycles. The third-order valence-corrected chi connectivity index (χ3v) is 3.72. The van der Waals surface area contributed by atoms with E-state index in [0.29, 0.717) is 22.8 Å². The summed E-state index contributed by atoms with van der Waals surface area (Å²) in [5.74, 6) is -0.457. The van der Waals surface area contributed by atoms with E-state index >= 15 is 0 Å². The number of hydrogen-bond donors (Lipinski definition) is 3. The van der Waals surface area contributed by atoms with Gasteiger partial charge in [-0.25, -0.2) is 4.79 Å². The number of nitrogens with two attached hydrogens (primary N) is 1. The molecule has 1 unspecified atom stereocenters. The summed E-state index contributed by atoms with van der Waals surface area (Å²) in [6, 6.07) is 3.81. The summed E-state index contributed by atoms with van der Waals surface area (Å²) in [6.07, 6.45) is 2.58. The lowest BCUT2D eigenvalue weighted by molar-refractivity contribution is 0.328. The molecule has 1 aromatic heterocycles. The van der Waals surface area contributed by atoms with Gasteiger partial charge in [0.2, 0.25) is 0 Å². The minimum absolute atomic E-state index is 0.298. The number of aromatic nitrogens is 1. The van der Waals surface area contributed by atoms with Crippen LogP contribution in [-0.4, -0.2) is 35.6 Å². The Morgan fingerprint density at radius 3 is 2.95 bits per heavy atom. The largest absolute Gasteiger partial charge is 0.417 e. The fraction of sp³-hybridized carbons (Fsp3) is 0.500. The van der Waals surface area contributed by atoms with Crippen molar-refractivity contribution in [1.82, 2.24) is 9.88 Å². The summed E-state index contributed by atoms with van der Waals surface area (Å²) in [6.45, 7) is 5.49. The quantitative estimate of drug-likeness (QED) is 0.738. The minimum Gasteiger partial charge on any atom is -0.408 e. The number of likely N-dealkylation sites (tertiary alicyclic amines) is 1. The van der Waals surface area contributed by atoms with Gasteiger partial charge in [0.1, 0.15) is 0 Å². The molecular formula is C14H20N4O2. The number of nitrogen functional groups attached to an aromatic ring is 1. The Morgan fingerprint density at radius 2 is 2.20 bits per heavy atom. The highest BCUT2D eigenvalue weighted by molar-refractivity contribution is 5.85. The Hall–Kier alpha value is -1.95. The van der Waals surface area contributed by atoms with Crippen LogP contribution in [0.2, 0.25) is 0 Å². The molecule has 0 spiro atoms. The van der Waals surface area contributed by atoms with Gasteiger partial charge in [-0.05, 0) is 38.9 Å². The molecule has 1 atom stereocenters. The third-order valence-electron chi connectivity index (χ3n) is 3.72. The molecular weight excluding hydrogens is 256 g/mol. The van der Waals surface area contributed by atoms with E-state index in [0.717, 1.165) is 12.2 Å². The molecule has 6 heteroatoms. The van der Waals surface area contributed by atoms with Crippen LogP contribution in [0, 0.1) is 0 Å². The summed E-state index contributed by atoms with van der Waals surface area (Å²) in [5.41, 5.74) is 8.58. The summed E-state index contributed by atoms with van der Waals surface area (Å²) < 4.78 is 4.99. The maximum atomic E-state index is 11.2. The van der Waals surface area contributed by atoms with E-state index < -0.39 is 5.76 Å². The van der Waals surface area contributed by atoms with Crippen molar-refractivity contribution in [2.45, 2.75) is 25.8 Å². The maximum Gasteiger partial charge on any atom is 0.417 e. The first-order valence-corrected chi connectivity index (χ1v) is 7.03. The first kappa shape index (κ1) is 13.1. The van der Waals surface area contributed by atoms with Crippen LogP contribution >= 0.6 is 0 Å². The maximum absolute atomic E-state index is 11.2. The highest BCUT2D eigenvalue weighted by Crippen LogP contribution is 2.25. The first-order valence-electron chi connectivity index (χ1n) is 7.03. The number of anilines is 2. The van der Waals surface area contributed by atoms with Crippen LogP contribution in [0.3, 0.4) is 0 Å². The van der Waals surface area contributed by atoms with Crippen LogP contribution in [0.5, 0.6) is 0 Å². The van der Waals surface area contributed by atoms with E-state index in [1.165, 1.54) is 25.9 Å². The molecule has 2 aromatic rings. The molecule has 1 aromatic carbocycles. The van der Waals surface area contributed by atoms with Gasteiger partial charge in [0, 0.05) is 18.7 Å². The second-order valence-electron chi connectivity index (χ2n) is 5.50. The number of rotatable bonds is 4. The van der Waals surface area contributed by atoms with Crippen molar-refractivity contribution in [3.8, 4) is 0 Å². The summed E-state index contributed by atoms with van der Waals surface area (Å²) in [4.78, 5) is 16.3. The van der Waals surface area contributed by atoms with E-state index in [2.05, 4.69) is 22.1 Å². The van der Waals surface area contributed by atoms with Gasteiger partial charge in [0.05, 0.1) is 16.9 Å². The van der Waals surface area contributed by atoms with Crippen molar-refractivity contribution < 1.29 is 4.42 Å². The van der Waals surface area contributed by atoms with Crippen molar-refractivity contribution in [1.29, 1.82) is 0 Å². The molecule has 1 aliphatic rings. The Labute approximate surface area is 116 Å².